The van der Waals surface area contributed by atoms with Gasteiger partial charge in [0.1, 0.15) is 11.6 Å². The number of fused-ring (bicyclic) bond motifs is 2. The molecule has 0 spiro atoms. The number of ether oxygens (including phenoxy) is 1. The fourth-order valence-electron chi connectivity index (χ4n) is 4.57. The van der Waals surface area contributed by atoms with Crippen LogP contribution in [-0.2, 0) is 34.0 Å². The number of hydrogen-bond acceptors (Lipinski definition) is 6. The summed E-state index contributed by atoms with van der Waals surface area (Å²) in [6.07, 6.45) is -4.36. The SMILES string of the molecule is CCCN1CCCCOc2cc(F)cc(c2)C[C@@H]([C@H](O)CNCc2cccc(C(F)(F)F)c2)NC(=O)CCS1(=O)=O. The number of aliphatic hydroxyl groups excluding tert-OH is 1. The average molecular weight is 604 g/mol. The van der Waals surface area contributed by atoms with Crippen molar-refractivity contribution in [3.63, 3.8) is 0 Å². The number of amides is 1. The van der Waals surface area contributed by atoms with Gasteiger partial charge in [0.05, 0.1) is 30.1 Å². The van der Waals surface area contributed by atoms with Crippen molar-refractivity contribution in [3.05, 3.63) is 65.0 Å². The second kappa shape index (κ2) is 14.9. The highest BCUT2D eigenvalue weighted by atomic mass is 32.2. The van der Waals surface area contributed by atoms with Gasteiger partial charge in [-0.3, -0.25) is 4.79 Å². The van der Waals surface area contributed by atoms with E-state index >= 15 is 0 Å². The van der Waals surface area contributed by atoms with E-state index < -0.39 is 51.4 Å². The zero-order chi connectivity index (χ0) is 30.0. The number of alkyl halides is 3. The maximum absolute atomic E-state index is 14.4. The summed E-state index contributed by atoms with van der Waals surface area (Å²) in [4.78, 5) is 12.8. The molecule has 13 heteroatoms. The third-order valence-electron chi connectivity index (χ3n) is 6.66. The lowest BCUT2D eigenvalue weighted by Crippen LogP contribution is -2.49. The number of carbonyl (C=O) groups is 1. The number of rotatable bonds is 7. The van der Waals surface area contributed by atoms with Gasteiger partial charge in [0, 0.05) is 38.7 Å². The van der Waals surface area contributed by atoms with E-state index in [4.69, 9.17) is 4.74 Å². The molecule has 1 aliphatic heterocycles. The molecule has 1 aliphatic rings. The second-order valence-electron chi connectivity index (χ2n) is 10.1. The first-order chi connectivity index (χ1) is 19.4. The average Bonchev–Trinajstić information content (AvgIpc) is 2.89. The monoisotopic (exact) mass is 603 g/mol. The minimum atomic E-state index is -4.49. The van der Waals surface area contributed by atoms with Gasteiger partial charge in [0.2, 0.25) is 15.9 Å². The van der Waals surface area contributed by atoms with Crippen molar-refractivity contribution in [1.29, 1.82) is 0 Å². The molecule has 2 aromatic carbocycles. The van der Waals surface area contributed by atoms with E-state index in [2.05, 4.69) is 10.6 Å². The van der Waals surface area contributed by atoms with E-state index in [0.29, 0.717) is 36.9 Å². The molecule has 41 heavy (non-hydrogen) atoms. The van der Waals surface area contributed by atoms with Crippen LogP contribution >= 0.6 is 0 Å². The minimum absolute atomic E-state index is 0.000967. The molecule has 0 fully saturated rings. The Balaban J connectivity index is 1.76. The molecule has 0 unspecified atom stereocenters. The minimum Gasteiger partial charge on any atom is -0.493 e. The van der Waals surface area contributed by atoms with Crippen molar-refractivity contribution in [1.82, 2.24) is 14.9 Å². The number of carbonyl (C=O) groups excluding carboxylic acids is 1. The largest absolute Gasteiger partial charge is 0.493 e. The smallest absolute Gasteiger partial charge is 0.416 e. The van der Waals surface area contributed by atoms with Crippen LogP contribution in [0.15, 0.2) is 42.5 Å². The van der Waals surface area contributed by atoms with Crippen molar-refractivity contribution >= 4 is 15.9 Å². The Hall–Kier alpha value is -2.74. The number of aliphatic hydroxyl groups is 1. The van der Waals surface area contributed by atoms with Gasteiger partial charge in [0.15, 0.2) is 0 Å². The highest BCUT2D eigenvalue weighted by Gasteiger charge is 2.30. The molecule has 3 rings (SSSR count). The summed E-state index contributed by atoms with van der Waals surface area (Å²) in [5.74, 6) is -1.30. The van der Waals surface area contributed by atoms with Crippen LogP contribution in [0.5, 0.6) is 5.75 Å². The summed E-state index contributed by atoms with van der Waals surface area (Å²) >= 11 is 0. The van der Waals surface area contributed by atoms with Gasteiger partial charge in [-0.1, -0.05) is 25.1 Å². The van der Waals surface area contributed by atoms with Crippen LogP contribution in [0.2, 0.25) is 0 Å². The van der Waals surface area contributed by atoms with Gasteiger partial charge in [0.25, 0.3) is 0 Å². The highest BCUT2D eigenvalue weighted by Crippen LogP contribution is 2.29. The van der Waals surface area contributed by atoms with Gasteiger partial charge >= 0.3 is 6.18 Å². The fraction of sp³-hybridized carbons (Fsp3) is 0.536. The number of sulfonamides is 1. The second-order valence-corrected chi connectivity index (χ2v) is 12.2. The van der Waals surface area contributed by atoms with Gasteiger partial charge < -0.3 is 20.5 Å². The fourth-order valence-corrected chi connectivity index (χ4v) is 6.14. The Bertz CT molecular complexity index is 1260. The summed E-state index contributed by atoms with van der Waals surface area (Å²) in [6.45, 7) is 2.61. The van der Waals surface area contributed by atoms with Crippen LogP contribution < -0.4 is 15.4 Å². The molecule has 2 aromatic rings. The maximum atomic E-state index is 14.4. The van der Waals surface area contributed by atoms with E-state index in [0.717, 1.165) is 12.1 Å². The Kier molecular flexibility index (Phi) is 11.9. The van der Waals surface area contributed by atoms with Crippen molar-refractivity contribution in [2.75, 3.05) is 32.0 Å². The molecular weight excluding hydrogens is 566 g/mol. The van der Waals surface area contributed by atoms with Gasteiger partial charge in [-0.05, 0) is 55.0 Å². The molecule has 2 bridgehead atoms. The lowest BCUT2D eigenvalue weighted by Gasteiger charge is -2.26. The van der Waals surface area contributed by atoms with Crippen LogP contribution in [0.25, 0.3) is 0 Å². The number of nitrogens with zero attached hydrogens (tertiary/aromatic N) is 1. The van der Waals surface area contributed by atoms with Crippen molar-refractivity contribution in [2.24, 2.45) is 0 Å². The van der Waals surface area contributed by atoms with Crippen LogP contribution in [-0.4, -0.2) is 67.9 Å². The summed E-state index contributed by atoms with van der Waals surface area (Å²) < 4.78 is 86.3. The molecule has 228 valence electrons. The van der Waals surface area contributed by atoms with Gasteiger partial charge in [-0.15, -0.1) is 0 Å². The Labute approximate surface area is 238 Å². The van der Waals surface area contributed by atoms with Gasteiger partial charge in [-0.2, -0.15) is 13.2 Å². The zero-order valence-corrected chi connectivity index (χ0v) is 23.7. The molecule has 0 radical (unpaired) electrons. The van der Waals surface area contributed by atoms with E-state index in [1.807, 2.05) is 6.92 Å². The first kappa shape index (κ1) is 32.8. The van der Waals surface area contributed by atoms with E-state index in [-0.39, 0.29) is 44.8 Å². The molecule has 0 aromatic heterocycles. The van der Waals surface area contributed by atoms with Crippen molar-refractivity contribution < 1.29 is 40.6 Å². The highest BCUT2D eigenvalue weighted by molar-refractivity contribution is 7.89. The molecule has 2 atom stereocenters. The summed E-state index contributed by atoms with van der Waals surface area (Å²) in [5, 5.41) is 16.5. The Morgan fingerprint density at radius 3 is 2.71 bits per heavy atom. The third kappa shape index (κ3) is 10.6. The van der Waals surface area contributed by atoms with Gasteiger partial charge in [-0.25, -0.2) is 17.1 Å². The summed E-state index contributed by atoms with van der Waals surface area (Å²) in [6, 6.07) is 7.91. The van der Waals surface area contributed by atoms with Crippen LogP contribution in [0, 0.1) is 5.82 Å². The molecular formula is C28H37F4N3O5S. The standard InChI is InChI=1S/C28H37F4N3O5S/c1-2-9-35-10-3-4-11-40-24-15-21(14-23(29)17-24)16-25(34-27(37)8-12-41(35,38)39)26(36)19-33-18-20-6-5-7-22(13-20)28(30,31)32/h5-7,13-15,17,25-26,33,36H,2-4,8-12,16,18-19H2,1H3,(H,34,37)/t25-,26+/m0/s1. The van der Waals surface area contributed by atoms with Crippen LogP contribution in [0.4, 0.5) is 17.6 Å². The summed E-state index contributed by atoms with van der Waals surface area (Å²) in [7, 11) is -3.71. The Morgan fingerprint density at radius 1 is 1.20 bits per heavy atom. The predicted molar refractivity (Wildman–Crippen MR) is 146 cm³/mol. The normalized spacial score (nSPS) is 20.1. The molecule has 1 heterocycles. The number of halogens is 4. The number of hydrogen-bond donors (Lipinski definition) is 3. The Morgan fingerprint density at radius 2 is 1.98 bits per heavy atom. The zero-order valence-electron chi connectivity index (χ0n) is 22.9. The van der Waals surface area contributed by atoms with E-state index in [9.17, 15) is 35.9 Å². The van der Waals surface area contributed by atoms with Crippen molar-refractivity contribution in [3.8, 4) is 5.75 Å². The predicted octanol–water partition coefficient (Wildman–Crippen LogP) is 3.63. The topological polar surface area (TPSA) is 108 Å². The van der Waals surface area contributed by atoms with Crippen LogP contribution in [0.1, 0.15) is 49.3 Å². The molecule has 1 amide bonds. The molecule has 0 saturated heterocycles. The van der Waals surface area contributed by atoms with Crippen LogP contribution in [0.3, 0.4) is 0 Å². The summed E-state index contributed by atoms with van der Waals surface area (Å²) in [5.41, 5.74) is -0.00221. The third-order valence-corrected chi connectivity index (χ3v) is 8.53. The van der Waals surface area contributed by atoms with E-state index in [1.54, 1.807) is 6.07 Å². The number of benzene rings is 2. The molecule has 0 saturated carbocycles. The lowest BCUT2D eigenvalue weighted by molar-refractivity contribution is -0.137. The molecule has 3 N–H and O–H groups in total. The molecule has 0 aliphatic carbocycles. The quantitative estimate of drug-likeness (QED) is 0.418. The first-order valence-electron chi connectivity index (χ1n) is 13.6. The van der Waals surface area contributed by atoms with Crippen molar-refractivity contribution in [2.45, 2.75) is 63.9 Å². The first-order valence-corrected chi connectivity index (χ1v) is 15.2. The lowest BCUT2D eigenvalue weighted by atomic mass is 10.00. The maximum Gasteiger partial charge on any atom is 0.416 e. The van der Waals surface area contributed by atoms with E-state index in [1.165, 1.54) is 28.6 Å². The molecule has 8 nitrogen and oxygen atoms in total. The number of nitrogens with one attached hydrogen (secondary N) is 2.